The highest BCUT2D eigenvalue weighted by Crippen LogP contribution is 2.30. The van der Waals surface area contributed by atoms with Gasteiger partial charge in [0.2, 0.25) is 0 Å². The standard InChI is InChI=1S/C33H33N5O3/c1-23-7-2-5-10-29(23)37-16-18-38(19-17-37)30-13-12-24(21-28(30)36-33(40)31-11-6-20-41-31)32(39)34-15-14-25-22-35-27-9-4-3-8-26(25)27/h2-13,20-22,35H,14-19H2,1H3,(H,34,39)(H,36,40). The zero-order valence-corrected chi connectivity index (χ0v) is 23.0. The molecule has 1 fully saturated rings. The normalized spacial score (nSPS) is 13.4. The fraction of sp³-hybridized carbons (Fsp3) is 0.212. The van der Waals surface area contributed by atoms with Gasteiger partial charge in [0, 0.05) is 61.1 Å². The molecule has 0 bridgehead atoms. The van der Waals surface area contributed by atoms with Crippen molar-refractivity contribution >= 4 is 39.8 Å². The molecule has 41 heavy (non-hydrogen) atoms. The molecular weight excluding hydrogens is 514 g/mol. The molecule has 3 N–H and O–H groups in total. The third kappa shape index (κ3) is 5.68. The van der Waals surface area contributed by atoms with Crippen molar-refractivity contribution in [2.75, 3.05) is 47.8 Å². The van der Waals surface area contributed by atoms with E-state index in [0.717, 1.165) is 48.3 Å². The number of furan rings is 1. The maximum absolute atomic E-state index is 13.2. The van der Waals surface area contributed by atoms with Crippen molar-refractivity contribution in [3.8, 4) is 0 Å². The van der Waals surface area contributed by atoms with E-state index in [1.807, 2.05) is 36.5 Å². The molecule has 0 unspecified atom stereocenters. The maximum atomic E-state index is 13.2. The number of aromatic amines is 1. The number of nitrogens with zero attached hydrogens (tertiary/aromatic N) is 2. The molecule has 3 heterocycles. The van der Waals surface area contributed by atoms with E-state index in [4.69, 9.17) is 4.42 Å². The monoisotopic (exact) mass is 547 g/mol. The van der Waals surface area contributed by atoms with Gasteiger partial charge >= 0.3 is 0 Å². The van der Waals surface area contributed by atoms with E-state index in [-0.39, 0.29) is 17.6 Å². The van der Waals surface area contributed by atoms with E-state index in [9.17, 15) is 9.59 Å². The third-order valence-corrected chi connectivity index (χ3v) is 7.68. The number of H-pyrrole nitrogens is 1. The number of nitrogens with one attached hydrogen (secondary N) is 3. The number of benzene rings is 3. The number of anilines is 3. The molecule has 5 aromatic rings. The third-order valence-electron chi connectivity index (χ3n) is 7.68. The van der Waals surface area contributed by atoms with Crippen LogP contribution in [-0.4, -0.2) is 49.5 Å². The van der Waals surface area contributed by atoms with Crippen LogP contribution in [0.25, 0.3) is 10.9 Å². The number of hydrogen-bond acceptors (Lipinski definition) is 5. The Balaban J connectivity index is 1.17. The summed E-state index contributed by atoms with van der Waals surface area (Å²) in [6.45, 7) is 5.91. The summed E-state index contributed by atoms with van der Waals surface area (Å²) >= 11 is 0. The molecule has 0 atom stereocenters. The van der Waals surface area contributed by atoms with Gasteiger partial charge in [-0.3, -0.25) is 9.59 Å². The predicted octanol–water partition coefficient (Wildman–Crippen LogP) is 5.62. The number of carbonyl (C=O) groups is 2. The van der Waals surface area contributed by atoms with Crippen LogP contribution in [0.3, 0.4) is 0 Å². The number of para-hydroxylation sites is 2. The molecule has 1 aliphatic heterocycles. The highest BCUT2D eigenvalue weighted by molar-refractivity contribution is 6.05. The van der Waals surface area contributed by atoms with Crippen LogP contribution in [0, 0.1) is 6.92 Å². The molecule has 8 nitrogen and oxygen atoms in total. The average Bonchev–Trinajstić information content (AvgIpc) is 3.69. The Morgan fingerprint density at radius 2 is 1.61 bits per heavy atom. The lowest BCUT2D eigenvalue weighted by Crippen LogP contribution is -2.47. The van der Waals surface area contributed by atoms with E-state index >= 15 is 0 Å². The Labute approximate surface area is 239 Å². The summed E-state index contributed by atoms with van der Waals surface area (Å²) in [6, 6.07) is 25.4. The van der Waals surface area contributed by atoms with Crippen LogP contribution >= 0.6 is 0 Å². The summed E-state index contributed by atoms with van der Waals surface area (Å²) in [7, 11) is 0. The Morgan fingerprint density at radius 3 is 2.39 bits per heavy atom. The van der Waals surface area contributed by atoms with Crippen molar-refractivity contribution in [1.29, 1.82) is 0 Å². The first-order valence-electron chi connectivity index (χ1n) is 13.9. The van der Waals surface area contributed by atoms with Crippen LogP contribution in [0.4, 0.5) is 17.1 Å². The number of carbonyl (C=O) groups excluding carboxylic acids is 2. The van der Waals surface area contributed by atoms with Crippen molar-refractivity contribution < 1.29 is 14.0 Å². The number of aromatic nitrogens is 1. The number of rotatable bonds is 8. The summed E-state index contributed by atoms with van der Waals surface area (Å²) < 4.78 is 5.31. The van der Waals surface area contributed by atoms with Crippen LogP contribution in [-0.2, 0) is 6.42 Å². The van der Waals surface area contributed by atoms with Crippen molar-refractivity contribution in [3.63, 3.8) is 0 Å². The smallest absolute Gasteiger partial charge is 0.291 e. The average molecular weight is 548 g/mol. The van der Waals surface area contributed by atoms with Gasteiger partial charge in [-0.1, -0.05) is 36.4 Å². The number of fused-ring (bicyclic) bond motifs is 1. The quantitative estimate of drug-likeness (QED) is 0.234. The maximum Gasteiger partial charge on any atom is 0.291 e. The largest absolute Gasteiger partial charge is 0.459 e. The van der Waals surface area contributed by atoms with Gasteiger partial charge in [0.25, 0.3) is 11.8 Å². The van der Waals surface area contributed by atoms with E-state index in [1.54, 1.807) is 18.2 Å². The van der Waals surface area contributed by atoms with Crippen LogP contribution in [0.1, 0.15) is 32.0 Å². The Morgan fingerprint density at radius 1 is 0.854 bits per heavy atom. The van der Waals surface area contributed by atoms with Crippen molar-refractivity contribution in [1.82, 2.24) is 10.3 Å². The summed E-state index contributed by atoms with van der Waals surface area (Å²) in [4.78, 5) is 34.0. The Bertz CT molecular complexity index is 1670. The highest BCUT2D eigenvalue weighted by Gasteiger charge is 2.23. The second-order valence-corrected chi connectivity index (χ2v) is 10.3. The number of hydrogen-bond donors (Lipinski definition) is 3. The van der Waals surface area contributed by atoms with Crippen LogP contribution in [0.5, 0.6) is 0 Å². The van der Waals surface area contributed by atoms with Gasteiger partial charge < -0.3 is 29.8 Å². The van der Waals surface area contributed by atoms with Gasteiger partial charge in [-0.2, -0.15) is 0 Å². The molecule has 1 aliphatic rings. The van der Waals surface area contributed by atoms with E-state index in [0.29, 0.717) is 24.2 Å². The van der Waals surface area contributed by atoms with Crippen molar-refractivity contribution in [2.24, 2.45) is 0 Å². The SMILES string of the molecule is Cc1ccccc1N1CCN(c2ccc(C(=O)NCCc3c[nH]c4ccccc34)cc2NC(=O)c2ccco2)CC1. The zero-order valence-electron chi connectivity index (χ0n) is 23.0. The first kappa shape index (κ1) is 26.3. The first-order chi connectivity index (χ1) is 20.1. The van der Waals surface area contributed by atoms with Crippen molar-refractivity contribution in [3.05, 3.63) is 114 Å². The van der Waals surface area contributed by atoms with Crippen molar-refractivity contribution in [2.45, 2.75) is 13.3 Å². The minimum absolute atomic E-state index is 0.186. The van der Waals surface area contributed by atoms with E-state index in [2.05, 4.69) is 62.7 Å². The topological polar surface area (TPSA) is 93.6 Å². The molecule has 0 spiro atoms. The number of amides is 2. The highest BCUT2D eigenvalue weighted by atomic mass is 16.3. The molecule has 3 aromatic carbocycles. The molecule has 6 rings (SSSR count). The van der Waals surface area contributed by atoms with Crippen LogP contribution in [0.15, 0.2) is 95.7 Å². The van der Waals surface area contributed by atoms with Crippen LogP contribution in [0.2, 0.25) is 0 Å². The Hall–Kier alpha value is -4.98. The molecule has 2 amide bonds. The summed E-state index contributed by atoms with van der Waals surface area (Å²) in [5.41, 5.74) is 6.70. The first-order valence-corrected chi connectivity index (χ1v) is 13.9. The fourth-order valence-corrected chi connectivity index (χ4v) is 5.50. The second-order valence-electron chi connectivity index (χ2n) is 10.3. The molecule has 0 saturated carbocycles. The summed E-state index contributed by atoms with van der Waals surface area (Å²) in [6.07, 6.45) is 4.17. The van der Waals surface area contributed by atoms with Gasteiger partial charge in [0.15, 0.2) is 5.76 Å². The number of aryl methyl sites for hydroxylation is 1. The molecule has 208 valence electrons. The molecule has 2 aromatic heterocycles. The van der Waals surface area contributed by atoms with Gasteiger partial charge in [-0.05, 0) is 66.9 Å². The Kier molecular flexibility index (Phi) is 7.45. The molecule has 1 saturated heterocycles. The second kappa shape index (κ2) is 11.6. The molecular formula is C33H33N5O3. The summed E-state index contributed by atoms with van der Waals surface area (Å²) in [5.74, 6) is -0.324. The van der Waals surface area contributed by atoms with E-state index < -0.39 is 0 Å². The minimum atomic E-state index is -0.355. The van der Waals surface area contributed by atoms with Gasteiger partial charge in [0.1, 0.15) is 0 Å². The van der Waals surface area contributed by atoms with Gasteiger partial charge in [-0.25, -0.2) is 0 Å². The lowest BCUT2D eigenvalue weighted by Gasteiger charge is -2.38. The van der Waals surface area contributed by atoms with Gasteiger partial charge in [-0.15, -0.1) is 0 Å². The minimum Gasteiger partial charge on any atom is -0.459 e. The lowest BCUT2D eigenvalue weighted by molar-refractivity contribution is 0.0952. The molecule has 0 aliphatic carbocycles. The lowest BCUT2D eigenvalue weighted by atomic mass is 10.1. The van der Waals surface area contributed by atoms with Crippen LogP contribution < -0.4 is 20.4 Å². The zero-order chi connectivity index (χ0) is 28.2. The fourth-order valence-electron chi connectivity index (χ4n) is 5.50. The van der Waals surface area contributed by atoms with Gasteiger partial charge in [0.05, 0.1) is 17.6 Å². The molecule has 0 radical (unpaired) electrons. The number of piperazine rings is 1. The predicted molar refractivity (Wildman–Crippen MR) is 163 cm³/mol. The summed E-state index contributed by atoms with van der Waals surface area (Å²) in [5, 5.41) is 7.18. The van der Waals surface area contributed by atoms with E-state index in [1.165, 1.54) is 17.5 Å². The molecule has 8 heteroatoms.